The van der Waals surface area contributed by atoms with Gasteiger partial charge in [-0.2, -0.15) is 13.2 Å². The molecule has 26 heavy (non-hydrogen) atoms. The van der Waals surface area contributed by atoms with E-state index >= 15 is 0 Å². The first-order valence-corrected chi connectivity index (χ1v) is 7.95. The van der Waals surface area contributed by atoms with Gasteiger partial charge in [0.15, 0.2) is 0 Å². The van der Waals surface area contributed by atoms with Crippen molar-refractivity contribution in [2.75, 3.05) is 6.54 Å². The quantitative estimate of drug-likeness (QED) is 0.744. The molecule has 0 aliphatic carbocycles. The summed E-state index contributed by atoms with van der Waals surface area (Å²) in [7, 11) is 1.83. The van der Waals surface area contributed by atoms with Gasteiger partial charge in [0.1, 0.15) is 0 Å². The number of hydrogen-bond acceptors (Lipinski definition) is 2. The molecule has 1 atom stereocenters. The van der Waals surface area contributed by atoms with Gasteiger partial charge in [-0.1, -0.05) is 30.3 Å². The molecule has 0 spiro atoms. The molecule has 0 radical (unpaired) electrons. The molecular weight excluding hydrogens is 345 g/mol. The Bertz CT molecular complexity index is 947. The average molecular weight is 362 g/mol. The first-order chi connectivity index (χ1) is 12.3. The highest BCUT2D eigenvalue weighted by molar-refractivity contribution is 5.96. The van der Waals surface area contributed by atoms with Crippen LogP contribution in [0.4, 0.5) is 13.2 Å². The number of rotatable bonds is 4. The molecule has 1 unspecified atom stereocenters. The van der Waals surface area contributed by atoms with Crippen LogP contribution in [0.2, 0.25) is 0 Å². The minimum Gasteiger partial charge on any atom is -0.386 e. The largest absolute Gasteiger partial charge is 0.417 e. The third kappa shape index (κ3) is 3.43. The summed E-state index contributed by atoms with van der Waals surface area (Å²) in [6.07, 6.45) is -3.92. The molecule has 2 aromatic carbocycles. The first-order valence-electron chi connectivity index (χ1n) is 7.95. The maximum Gasteiger partial charge on any atom is 0.417 e. The lowest BCUT2D eigenvalue weighted by Gasteiger charge is -2.14. The summed E-state index contributed by atoms with van der Waals surface area (Å²) in [6.45, 7) is -0.195. The number of fused-ring (bicyclic) bond motifs is 1. The van der Waals surface area contributed by atoms with Gasteiger partial charge in [-0.25, -0.2) is 0 Å². The van der Waals surface area contributed by atoms with Crippen LogP contribution in [0, 0.1) is 0 Å². The van der Waals surface area contributed by atoms with E-state index < -0.39 is 29.3 Å². The van der Waals surface area contributed by atoms with Crippen molar-refractivity contribution >= 4 is 16.8 Å². The van der Waals surface area contributed by atoms with Crippen molar-refractivity contribution in [3.63, 3.8) is 0 Å². The topological polar surface area (TPSA) is 54.3 Å². The fourth-order valence-corrected chi connectivity index (χ4v) is 2.96. The van der Waals surface area contributed by atoms with E-state index in [-0.39, 0.29) is 6.54 Å². The monoisotopic (exact) mass is 362 g/mol. The molecular formula is C19H17F3N2O2. The maximum atomic E-state index is 13.0. The number of carbonyl (C=O) groups is 1. The highest BCUT2D eigenvalue weighted by Crippen LogP contribution is 2.32. The number of nitrogens with one attached hydrogen (secondary N) is 1. The molecule has 4 nitrogen and oxygen atoms in total. The lowest BCUT2D eigenvalue weighted by Crippen LogP contribution is -2.30. The van der Waals surface area contributed by atoms with Crippen LogP contribution in [0.5, 0.6) is 0 Å². The molecule has 136 valence electrons. The predicted octanol–water partition coefficient (Wildman–Crippen LogP) is 3.66. The molecule has 0 saturated heterocycles. The number of aryl methyl sites for hydroxylation is 1. The van der Waals surface area contributed by atoms with Gasteiger partial charge in [0.05, 0.1) is 17.2 Å². The zero-order chi connectivity index (χ0) is 18.9. The molecule has 1 aromatic heterocycles. The molecule has 3 aromatic rings. The number of carbonyl (C=O) groups excluding carboxylic acids is 1. The van der Waals surface area contributed by atoms with Gasteiger partial charge in [-0.3, -0.25) is 4.79 Å². The Balaban J connectivity index is 1.78. The van der Waals surface area contributed by atoms with Crippen LogP contribution in [0.3, 0.4) is 0 Å². The van der Waals surface area contributed by atoms with E-state index in [1.54, 1.807) is 6.20 Å². The average Bonchev–Trinajstić information content (AvgIpc) is 2.96. The van der Waals surface area contributed by atoms with E-state index in [1.807, 2.05) is 35.9 Å². The van der Waals surface area contributed by atoms with Crippen LogP contribution in [0.25, 0.3) is 10.9 Å². The third-order valence-corrected chi connectivity index (χ3v) is 4.22. The van der Waals surface area contributed by atoms with Crippen molar-refractivity contribution in [3.05, 3.63) is 71.4 Å². The summed E-state index contributed by atoms with van der Waals surface area (Å²) in [5, 5.41) is 13.6. The van der Waals surface area contributed by atoms with Crippen molar-refractivity contribution in [1.82, 2.24) is 9.88 Å². The molecule has 0 aliphatic heterocycles. The van der Waals surface area contributed by atoms with E-state index in [0.29, 0.717) is 5.56 Å². The minimum absolute atomic E-state index is 0.195. The van der Waals surface area contributed by atoms with Gasteiger partial charge in [0.2, 0.25) is 0 Å². The van der Waals surface area contributed by atoms with Crippen LogP contribution in [-0.2, 0) is 13.2 Å². The Kier molecular flexibility index (Phi) is 4.73. The van der Waals surface area contributed by atoms with Crippen molar-refractivity contribution in [1.29, 1.82) is 0 Å². The lowest BCUT2D eigenvalue weighted by molar-refractivity contribution is -0.137. The summed E-state index contributed by atoms with van der Waals surface area (Å²) in [5.74, 6) is -0.878. The number of benzene rings is 2. The minimum atomic E-state index is -4.62. The second kappa shape index (κ2) is 6.84. The number of alkyl halides is 3. The lowest BCUT2D eigenvalue weighted by atomic mass is 10.1. The van der Waals surface area contributed by atoms with Crippen LogP contribution in [0.1, 0.15) is 27.6 Å². The number of para-hydroxylation sites is 1. The Labute approximate surface area is 147 Å². The molecule has 0 saturated carbocycles. The molecule has 1 amide bonds. The zero-order valence-corrected chi connectivity index (χ0v) is 13.9. The van der Waals surface area contributed by atoms with Crippen molar-refractivity contribution in [2.24, 2.45) is 7.05 Å². The van der Waals surface area contributed by atoms with E-state index in [2.05, 4.69) is 5.32 Å². The van der Waals surface area contributed by atoms with Crippen LogP contribution >= 0.6 is 0 Å². The molecule has 0 fully saturated rings. The molecule has 1 heterocycles. The summed E-state index contributed by atoms with van der Waals surface area (Å²) in [4.78, 5) is 12.2. The smallest absolute Gasteiger partial charge is 0.386 e. The van der Waals surface area contributed by atoms with Gasteiger partial charge in [-0.15, -0.1) is 0 Å². The highest BCUT2D eigenvalue weighted by atomic mass is 19.4. The molecule has 0 bridgehead atoms. The summed E-state index contributed by atoms with van der Waals surface area (Å²) in [6, 6.07) is 12.0. The molecule has 7 heteroatoms. The predicted molar refractivity (Wildman–Crippen MR) is 91.7 cm³/mol. The van der Waals surface area contributed by atoms with Crippen molar-refractivity contribution in [2.45, 2.75) is 12.3 Å². The summed E-state index contributed by atoms with van der Waals surface area (Å²) < 4.78 is 40.9. The summed E-state index contributed by atoms with van der Waals surface area (Å²) >= 11 is 0. The zero-order valence-electron chi connectivity index (χ0n) is 13.9. The standard InChI is InChI=1S/C19H17F3N2O2/c1-24-11-14(12-6-3-5-9-16(12)24)17(25)10-23-18(26)13-7-2-4-8-15(13)19(20,21)22/h2-9,11,17,25H,10H2,1H3,(H,23,26). The van der Waals surface area contributed by atoms with Gasteiger partial charge >= 0.3 is 6.18 Å². The normalized spacial score (nSPS) is 13.0. The van der Waals surface area contributed by atoms with Crippen LogP contribution < -0.4 is 5.32 Å². The first kappa shape index (κ1) is 18.0. The molecule has 0 aliphatic rings. The van der Waals surface area contributed by atoms with Crippen LogP contribution in [-0.4, -0.2) is 22.1 Å². The Hall–Kier alpha value is -2.80. The number of aromatic nitrogens is 1. The Morgan fingerprint density at radius 3 is 2.54 bits per heavy atom. The fourth-order valence-electron chi connectivity index (χ4n) is 2.96. The van der Waals surface area contributed by atoms with Crippen LogP contribution in [0.15, 0.2) is 54.7 Å². The second-order valence-corrected chi connectivity index (χ2v) is 5.98. The molecule has 3 rings (SSSR count). The Morgan fingerprint density at radius 1 is 1.15 bits per heavy atom. The van der Waals surface area contributed by atoms with E-state index in [1.165, 1.54) is 12.1 Å². The van der Waals surface area contributed by atoms with Gasteiger partial charge in [0, 0.05) is 36.3 Å². The number of nitrogens with zero attached hydrogens (tertiary/aromatic N) is 1. The van der Waals surface area contributed by atoms with E-state index in [9.17, 15) is 23.1 Å². The van der Waals surface area contributed by atoms with Crippen molar-refractivity contribution in [3.8, 4) is 0 Å². The van der Waals surface area contributed by atoms with Gasteiger partial charge in [0.25, 0.3) is 5.91 Å². The SMILES string of the molecule is Cn1cc(C(O)CNC(=O)c2ccccc2C(F)(F)F)c2ccccc21. The maximum absolute atomic E-state index is 13.0. The van der Waals surface area contributed by atoms with E-state index in [0.717, 1.165) is 23.0 Å². The van der Waals surface area contributed by atoms with E-state index in [4.69, 9.17) is 0 Å². The fraction of sp³-hybridized carbons (Fsp3) is 0.211. The van der Waals surface area contributed by atoms with Gasteiger partial charge in [-0.05, 0) is 18.2 Å². The number of halogens is 3. The molecule has 2 N–H and O–H groups in total. The number of amides is 1. The number of aliphatic hydroxyl groups is 1. The summed E-state index contributed by atoms with van der Waals surface area (Å²) in [5.41, 5.74) is 0.0464. The van der Waals surface area contributed by atoms with Gasteiger partial charge < -0.3 is 15.0 Å². The number of hydrogen-bond donors (Lipinski definition) is 2. The third-order valence-electron chi connectivity index (χ3n) is 4.22. The number of aliphatic hydroxyl groups excluding tert-OH is 1. The second-order valence-electron chi connectivity index (χ2n) is 5.98. The Morgan fingerprint density at radius 2 is 1.81 bits per heavy atom. The van der Waals surface area contributed by atoms with Crippen molar-refractivity contribution < 1.29 is 23.1 Å². The highest BCUT2D eigenvalue weighted by Gasteiger charge is 2.34.